The first-order valence-corrected chi connectivity index (χ1v) is 8.98. The number of carbonyl (C=O) groups is 1. The van der Waals surface area contributed by atoms with E-state index < -0.39 is 15.9 Å². The van der Waals surface area contributed by atoms with Gasteiger partial charge in [0, 0.05) is 12.8 Å². The van der Waals surface area contributed by atoms with Crippen molar-refractivity contribution >= 4 is 21.9 Å². The SMILES string of the molecule is CS(=O)(=O)Cc1noc(NC(=O)NCC2(C3CC3)CC2)n1. The first-order valence-electron chi connectivity index (χ1n) is 6.91. The molecule has 2 N–H and O–H groups in total. The Hall–Kier alpha value is -1.64. The largest absolute Gasteiger partial charge is 0.337 e. The third kappa shape index (κ3) is 3.72. The molecule has 0 radical (unpaired) electrons. The second-order valence-corrected chi connectivity index (χ2v) is 8.17. The Kier molecular flexibility index (Phi) is 3.39. The number of nitrogens with one attached hydrogen (secondary N) is 2. The molecule has 0 spiro atoms. The lowest BCUT2D eigenvalue weighted by atomic mass is 10.0. The molecule has 21 heavy (non-hydrogen) atoms. The highest BCUT2D eigenvalue weighted by atomic mass is 32.2. The molecular weight excluding hydrogens is 296 g/mol. The van der Waals surface area contributed by atoms with Crippen LogP contribution < -0.4 is 10.6 Å². The molecule has 0 saturated heterocycles. The molecule has 0 aromatic carbocycles. The maximum Gasteiger partial charge on any atom is 0.329 e. The summed E-state index contributed by atoms with van der Waals surface area (Å²) in [6.45, 7) is 0.661. The Bertz CT molecular complexity index is 646. The van der Waals surface area contributed by atoms with Crippen molar-refractivity contribution in [1.82, 2.24) is 15.5 Å². The predicted molar refractivity (Wildman–Crippen MR) is 74.3 cm³/mol. The standard InChI is InChI=1S/C12H18N4O4S/c1-21(18,19)6-9-14-11(20-16-9)15-10(17)13-7-12(4-5-12)8-2-3-8/h8H,2-7H2,1H3,(H2,13,14,15,16,17). The van der Waals surface area contributed by atoms with Gasteiger partial charge in [-0.25, -0.2) is 13.2 Å². The van der Waals surface area contributed by atoms with E-state index in [9.17, 15) is 13.2 Å². The van der Waals surface area contributed by atoms with Gasteiger partial charge in [0.25, 0.3) is 0 Å². The molecule has 1 aromatic rings. The Morgan fingerprint density at radius 2 is 2.14 bits per heavy atom. The molecule has 2 fully saturated rings. The van der Waals surface area contributed by atoms with Gasteiger partial charge in [-0.2, -0.15) is 4.98 Å². The van der Waals surface area contributed by atoms with Gasteiger partial charge in [-0.15, -0.1) is 0 Å². The Balaban J connectivity index is 1.48. The minimum Gasteiger partial charge on any atom is -0.337 e. The van der Waals surface area contributed by atoms with E-state index in [-0.39, 0.29) is 17.6 Å². The lowest BCUT2D eigenvalue weighted by Gasteiger charge is -2.14. The molecule has 0 aliphatic heterocycles. The quantitative estimate of drug-likeness (QED) is 0.807. The van der Waals surface area contributed by atoms with Crippen LogP contribution >= 0.6 is 0 Å². The van der Waals surface area contributed by atoms with E-state index >= 15 is 0 Å². The van der Waals surface area contributed by atoms with Crippen molar-refractivity contribution in [1.29, 1.82) is 0 Å². The number of amides is 2. The minimum atomic E-state index is -3.23. The molecule has 0 atom stereocenters. The number of urea groups is 1. The number of anilines is 1. The Morgan fingerprint density at radius 3 is 2.71 bits per heavy atom. The highest BCUT2D eigenvalue weighted by Gasteiger charge is 2.53. The van der Waals surface area contributed by atoms with E-state index in [1.165, 1.54) is 25.7 Å². The van der Waals surface area contributed by atoms with Crippen LogP contribution in [0, 0.1) is 11.3 Å². The third-order valence-corrected chi connectivity index (χ3v) is 4.80. The van der Waals surface area contributed by atoms with Crippen molar-refractivity contribution in [3.05, 3.63) is 5.82 Å². The summed E-state index contributed by atoms with van der Waals surface area (Å²) < 4.78 is 27.0. The fourth-order valence-electron chi connectivity index (χ4n) is 2.58. The number of rotatable bonds is 6. The van der Waals surface area contributed by atoms with Gasteiger partial charge in [0.05, 0.1) is 0 Å². The molecule has 0 bridgehead atoms. The zero-order valence-electron chi connectivity index (χ0n) is 11.8. The molecule has 2 aliphatic carbocycles. The molecule has 1 aromatic heterocycles. The Labute approximate surface area is 122 Å². The molecular formula is C12H18N4O4S. The van der Waals surface area contributed by atoms with E-state index in [2.05, 4.69) is 20.8 Å². The van der Waals surface area contributed by atoms with Gasteiger partial charge < -0.3 is 9.84 Å². The van der Waals surface area contributed by atoms with Gasteiger partial charge in [-0.3, -0.25) is 5.32 Å². The van der Waals surface area contributed by atoms with Crippen LogP contribution in [0.25, 0.3) is 0 Å². The summed E-state index contributed by atoms with van der Waals surface area (Å²) in [5.74, 6) is 0.483. The van der Waals surface area contributed by atoms with Crippen LogP contribution in [0.3, 0.4) is 0 Å². The minimum absolute atomic E-state index is 0.0319. The second kappa shape index (κ2) is 4.97. The van der Waals surface area contributed by atoms with Crippen molar-refractivity contribution in [3.63, 3.8) is 0 Å². The van der Waals surface area contributed by atoms with Crippen LogP contribution in [0.5, 0.6) is 0 Å². The molecule has 9 heteroatoms. The summed E-state index contributed by atoms with van der Waals surface area (Å²) in [4.78, 5) is 15.6. The summed E-state index contributed by atoms with van der Waals surface area (Å²) in [6.07, 6.45) is 5.97. The van der Waals surface area contributed by atoms with E-state index in [4.69, 9.17) is 4.52 Å². The van der Waals surface area contributed by atoms with Gasteiger partial charge in [0.2, 0.25) is 0 Å². The molecule has 0 unspecified atom stereocenters. The summed E-state index contributed by atoms with van der Waals surface area (Å²) in [5.41, 5.74) is 0.313. The molecule has 2 saturated carbocycles. The maximum absolute atomic E-state index is 11.8. The summed E-state index contributed by atoms with van der Waals surface area (Å²) in [7, 11) is -3.23. The van der Waals surface area contributed by atoms with Crippen molar-refractivity contribution in [2.24, 2.45) is 11.3 Å². The number of nitrogens with zero attached hydrogens (tertiary/aromatic N) is 2. The van der Waals surface area contributed by atoms with Gasteiger partial charge in [-0.1, -0.05) is 5.16 Å². The van der Waals surface area contributed by atoms with Crippen LogP contribution in [0.4, 0.5) is 10.8 Å². The number of hydrogen-bond acceptors (Lipinski definition) is 6. The van der Waals surface area contributed by atoms with E-state index in [1.54, 1.807) is 0 Å². The van der Waals surface area contributed by atoms with Crippen LogP contribution in [0.15, 0.2) is 4.52 Å². The topological polar surface area (TPSA) is 114 Å². The molecule has 2 amide bonds. The zero-order chi connectivity index (χ0) is 15.1. The third-order valence-electron chi connectivity index (χ3n) is 4.02. The number of aromatic nitrogens is 2. The fraction of sp³-hybridized carbons (Fsp3) is 0.750. The first kappa shape index (κ1) is 14.3. The molecule has 116 valence electrons. The van der Waals surface area contributed by atoms with Crippen LogP contribution in [0.1, 0.15) is 31.5 Å². The lowest BCUT2D eigenvalue weighted by Crippen LogP contribution is -2.34. The molecule has 8 nitrogen and oxygen atoms in total. The molecule has 2 aliphatic rings. The highest BCUT2D eigenvalue weighted by molar-refractivity contribution is 7.89. The van der Waals surface area contributed by atoms with Crippen molar-refractivity contribution < 1.29 is 17.7 Å². The highest BCUT2D eigenvalue weighted by Crippen LogP contribution is 2.60. The zero-order valence-corrected chi connectivity index (χ0v) is 12.6. The number of hydrogen-bond donors (Lipinski definition) is 2. The number of sulfone groups is 1. The van der Waals surface area contributed by atoms with Gasteiger partial charge in [-0.05, 0) is 37.0 Å². The van der Waals surface area contributed by atoms with Crippen LogP contribution in [0.2, 0.25) is 0 Å². The van der Waals surface area contributed by atoms with Gasteiger partial charge in [0.15, 0.2) is 15.7 Å². The fourth-order valence-corrected chi connectivity index (χ4v) is 3.17. The molecule has 1 heterocycles. The smallest absolute Gasteiger partial charge is 0.329 e. The van der Waals surface area contributed by atoms with E-state index in [0.29, 0.717) is 12.0 Å². The summed E-state index contributed by atoms with van der Waals surface area (Å²) in [5, 5.41) is 8.75. The predicted octanol–water partition coefficient (Wildman–Crippen LogP) is 0.926. The average Bonchev–Trinajstić information content (AvgIpc) is 3.25. The summed E-state index contributed by atoms with van der Waals surface area (Å²) >= 11 is 0. The van der Waals surface area contributed by atoms with E-state index in [1.807, 2.05) is 0 Å². The molecule has 3 rings (SSSR count). The van der Waals surface area contributed by atoms with Crippen molar-refractivity contribution in [3.8, 4) is 0 Å². The first-order chi connectivity index (χ1) is 9.86. The second-order valence-electron chi connectivity index (χ2n) is 6.03. The van der Waals surface area contributed by atoms with Crippen LogP contribution in [-0.4, -0.2) is 37.4 Å². The average molecular weight is 314 g/mol. The summed E-state index contributed by atoms with van der Waals surface area (Å²) in [6, 6.07) is -0.501. The van der Waals surface area contributed by atoms with Gasteiger partial charge >= 0.3 is 12.0 Å². The number of carbonyl (C=O) groups excluding carboxylic acids is 1. The van der Waals surface area contributed by atoms with Gasteiger partial charge in [0.1, 0.15) is 5.75 Å². The van der Waals surface area contributed by atoms with E-state index in [0.717, 1.165) is 12.2 Å². The normalized spacial score (nSPS) is 20.0. The Morgan fingerprint density at radius 1 is 1.43 bits per heavy atom. The van der Waals surface area contributed by atoms with Crippen molar-refractivity contribution in [2.75, 3.05) is 18.1 Å². The van der Waals surface area contributed by atoms with Crippen molar-refractivity contribution in [2.45, 2.75) is 31.4 Å². The van der Waals surface area contributed by atoms with Crippen LogP contribution in [-0.2, 0) is 15.6 Å². The lowest BCUT2D eigenvalue weighted by molar-refractivity contribution is 0.247. The maximum atomic E-state index is 11.8. The monoisotopic (exact) mass is 314 g/mol.